The maximum Gasteiger partial charge on any atom is 0.144 e. The Bertz CT molecular complexity index is 511. The van der Waals surface area contributed by atoms with Crippen molar-refractivity contribution in [1.29, 1.82) is 0 Å². The molecule has 0 amide bonds. The van der Waals surface area contributed by atoms with Gasteiger partial charge in [0.1, 0.15) is 27.0 Å². The maximum atomic E-state index is 12.0. The molecule has 0 unspecified atom stereocenters. The first kappa shape index (κ1) is 18.2. The van der Waals surface area contributed by atoms with Crippen LogP contribution < -0.4 is 9.47 Å². The van der Waals surface area contributed by atoms with Crippen molar-refractivity contribution in [3.63, 3.8) is 0 Å². The summed E-state index contributed by atoms with van der Waals surface area (Å²) in [6.45, 7) is 10.6. The highest BCUT2D eigenvalue weighted by Crippen LogP contribution is 2.35. The summed E-state index contributed by atoms with van der Waals surface area (Å²) >= 11 is 3.47. The zero-order valence-electron chi connectivity index (χ0n) is 13.1. The van der Waals surface area contributed by atoms with Crippen LogP contribution in [-0.4, -0.2) is 28.4 Å². The fraction of sp³-hybridized carbons (Fsp3) is 0.533. The quantitative estimate of drug-likeness (QED) is 0.702. The average molecular weight is 376 g/mol. The second-order valence-corrected chi connectivity index (χ2v) is 8.02. The number of hydrogen-bond acceptors (Lipinski definition) is 3. The lowest BCUT2D eigenvalue weighted by Crippen LogP contribution is -2.19. The molecule has 1 aromatic carbocycles. The van der Waals surface area contributed by atoms with Crippen LogP contribution in [0.1, 0.15) is 40.2 Å². The lowest BCUT2D eigenvalue weighted by Gasteiger charge is -2.14. The Hall–Kier alpha value is -0.880. The summed E-state index contributed by atoms with van der Waals surface area (Å²) in [5, 5.41) is 0. The van der Waals surface area contributed by atoms with Crippen molar-refractivity contribution < 1.29 is 13.7 Å². The van der Waals surface area contributed by atoms with Crippen LogP contribution in [0, 0.1) is 0 Å². The predicted octanol–water partition coefficient (Wildman–Crippen LogP) is 4.13. The van der Waals surface area contributed by atoms with E-state index in [4.69, 9.17) is 9.47 Å². The molecule has 0 heterocycles. The van der Waals surface area contributed by atoms with Crippen LogP contribution in [0.3, 0.4) is 0 Å². The van der Waals surface area contributed by atoms with E-state index < -0.39 is 11.0 Å². The van der Waals surface area contributed by atoms with E-state index in [0.29, 0.717) is 24.7 Å². The minimum atomic E-state index is -1.29. The van der Waals surface area contributed by atoms with Crippen LogP contribution in [-0.2, 0) is 11.0 Å². The van der Waals surface area contributed by atoms with Gasteiger partial charge >= 0.3 is 0 Å². The summed E-state index contributed by atoms with van der Waals surface area (Å²) in [6.07, 6.45) is 1.60. The van der Waals surface area contributed by atoms with Crippen molar-refractivity contribution in [1.82, 2.24) is 0 Å². The molecule has 0 saturated carbocycles. The molecule has 0 aliphatic carbocycles. The van der Waals surface area contributed by atoms with E-state index in [0.717, 1.165) is 10.0 Å². The van der Waals surface area contributed by atoms with E-state index in [9.17, 15) is 4.21 Å². The SMILES string of the molecule is CCOc1cc(/C=N/[S@@](=O)C(C)(C)C)cc(OCC)c1Br. The molecular weight excluding hydrogens is 354 g/mol. The number of halogens is 1. The van der Waals surface area contributed by atoms with Crippen molar-refractivity contribution in [3.8, 4) is 11.5 Å². The van der Waals surface area contributed by atoms with Crippen molar-refractivity contribution in [2.75, 3.05) is 13.2 Å². The number of hydrogen-bond donors (Lipinski definition) is 0. The number of nitrogens with zero attached hydrogens (tertiary/aromatic N) is 1. The molecule has 0 N–H and O–H groups in total. The zero-order chi connectivity index (χ0) is 16.0. The number of rotatable bonds is 6. The van der Waals surface area contributed by atoms with E-state index in [-0.39, 0.29) is 4.75 Å². The second-order valence-electron chi connectivity index (χ2n) is 5.29. The molecule has 1 atom stereocenters. The molecule has 0 aromatic heterocycles. The molecule has 4 nitrogen and oxygen atoms in total. The maximum absolute atomic E-state index is 12.0. The van der Waals surface area contributed by atoms with E-state index in [1.165, 1.54) is 0 Å². The predicted molar refractivity (Wildman–Crippen MR) is 92.0 cm³/mol. The largest absolute Gasteiger partial charge is 0.493 e. The van der Waals surface area contributed by atoms with Gasteiger partial charge in [0.05, 0.1) is 18.0 Å². The third-order valence-corrected chi connectivity index (χ3v) is 4.58. The van der Waals surface area contributed by atoms with Gasteiger partial charge in [-0.25, -0.2) is 4.21 Å². The monoisotopic (exact) mass is 375 g/mol. The van der Waals surface area contributed by atoms with Crippen LogP contribution in [0.2, 0.25) is 0 Å². The Labute approximate surface area is 137 Å². The number of ether oxygens (including phenoxy) is 2. The summed E-state index contributed by atoms with van der Waals surface area (Å²) in [7, 11) is -1.29. The first-order valence-electron chi connectivity index (χ1n) is 6.84. The molecule has 0 bridgehead atoms. The third-order valence-electron chi connectivity index (χ3n) is 2.45. The van der Waals surface area contributed by atoms with Crippen molar-refractivity contribution in [2.24, 2.45) is 4.40 Å². The molecular formula is C15H22BrNO3S. The van der Waals surface area contributed by atoms with Gasteiger partial charge in [0, 0.05) is 11.8 Å². The van der Waals surface area contributed by atoms with Gasteiger partial charge in [0.15, 0.2) is 0 Å². The lowest BCUT2D eigenvalue weighted by atomic mass is 10.2. The van der Waals surface area contributed by atoms with Crippen LogP contribution >= 0.6 is 15.9 Å². The highest BCUT2D eigenvalue weighted by Gasteiger charge is 2.18. The smallest absolute Gasteiger partial charge is 0.144 e. The average Bonchev–Trinajstić information content (AvgIpc) is 2.40. The van der Waals surface area contributed by atoms with Gasteiger partial charge in [-0.2, -0.15) is 4.40 Å². The first-order valence-corrected chi connectivity index (χ1v) is 8.74. The summed E-state index contributed by atoms with van der Waals surface area (Å²) in [5.41, 5.74) is 0.794. The fourth-order valence-electron chi connectivity index (χ4n) is 1.46. The standard InChI is InChI=1S/C15H22BrNO3S/c1-6-19-12-8-11(9-13(14(12)16)20-7-2)10-17-21(18)15(3,4)5/h8-10H,6-7H2,1-5H3/b17-10+/t21-/m0/s1. The van der Waals surface area contributed by atoms with Crippen molar-refractivity contribution >= 4 is 33.1 Å². The van der Waals surface area contributed by atoms with Crippen LogP contribution in [0.5, 0.6) is 11.5 Å². The highest BCUT2D eigenvalue weighted by molar-refractivity contribution is 9.10. The van der Waals surface area contributed by atoms with E-state index in [1.807, 2.05) is 46.8 Å². The van der Waals surface area contributed by atoms with Gasteiger partial charge in [-0.05, 0) is 62.7 Å². The summed E-state index contributed by atoms with van der Waals surface area (Å²) < 4.78 is 27.6. The Morgan fingerprint density at radius 3 is 2.05 bits per heavy atom. The molecule has 118 valence electrons. The van der Waals surface area contributed by atoms with E-state index >= 15 is 0 Å². The van der Waals surface area contributed by atoms with Gasteiger partial charge < -0.3 is 9.47 Å². The summed E-state index contributed by atoms with van der Waals surface area (Å²) in [6, 6.07) is 3.69. The molecule has 0 radical (unpaired) electrons. The lowest BCUT2D eigenvalue weighted by molar-refractivity contribution is 0.319. The summed E-state index contributed by atoms with van der Waals surface area (Å²) in [5.74, 6) is 1.37. The third kappa shape index (κ3) is 5.43. The Kier molecular flexibility index (Phi) is 6.87. The van der Waals surface area contributed by atoms with Gasteiger partial charge in [-0.1, -0.05) is 0 Å². The van der Waals surface area contributed by atoms with Gasteiger partial charge in [0.25, 0.3) is 0 Å². The van der Waals surface area contributed by atoms with Gasteiger partial charge in [-0.15, -0.1) is 0 Å². The summed E-state index contributed by atoms with van der Waals surface area (Å²) in [4.78, 5) is 0. The van der Waals surface area contributed by atoms with E-state index in [1.54, 1.807) is 6.21 Å². The Morgan fingerprint density at radius 1 is 1.19 bits per heavy atom. The minimum Gasteiger partial charge on any atom is -0.493 e. The van der Waals surface area contributed by atoms with Gasteiger partial charge in [0.2, 0.25) is 0 Å². The topological polar surface area (TPSA) is 47.9 Å². The van der Waals surface area contributed by atoms with E-state index in [2.05, 4.69) is 20.3 Å². The second kappa shape index (κ2) is 7.94. The molecule has 6 heteroatoms. The Morgan fingerprint density at radius 2 is 1.67 bits per heavy atom. The van der Waals surface area contributed by atoms with Gasteiger partial charge in [-0.3, -0.25) is 0 Å². The highest BCUT2D eigenvalue weighted by atomic mass is 79.9. The van der Waals surface area contributed by atoms with Crippen LogP contribution in [0.4, 0.5) is 0 Å². The molecule has 0 saturated heterocycles. The van der Waals surface area contributed by atoms with Crippen LogP contribution in [0.25, 0.3) is 0 Å². The molecule has 1 rings (SSSR count). The molecule has 0 aliphatic rings. The molecule has 0 spiro atoms. The molecule has 21 heavy (non-hydrogen) atoms. The number of benzene rings is 1. The zero-order valence-corrected chi connectivity index (χ0v) is 15.5. The van der Waals surface area contributed by atoms with Crippen molar-refractivity contribution in [2.45, 2.75) is 39.4 Å². The molecule has 0 aliphatic heterocycles. The molecule has 1 aromatic rings. The fourth-order valence-corrected chi connectivity index (χ4v) is 2.45. The Balaban J connectivity index is 3.12. The van der Waals surface area contributed by atoms with Crippen LogP contribution in [0.15, 0.2) is 21.0 Å². The van der Waals surface area contributed by atoms with Crippen molar-refractivity contribution in [3.05, 3.63) is 22.2 Å². The molecule has 0 fully saturated rings. The normalized spacial score (nSPS) is 13.4. The first-order chi connectivity index (χ1) is 9.79. The minimum absolute atomic E-state index is 0.378.